The van der Waals surface area contributed by atoms with Gasteiger partial charge < -0.3 is 10.5 Å². The van der Waals surface area contributed by atoms with E-state index in [0.29, 0.717) is 0 Å². The van der Waals surface area contributed by atoms with E-state index in [4.69, 9.17) is 10.5 Å². The molecule has 2 saturated carbocycles. The minimum atomic E-state index is -0.0188. The second-order valence-corrected chi connectivity index (χ2v) is 4.93. The molecule has 0 radical (unpaired) electrons. The highest BCUT2D eigenvalue weighted by atomic mass is 16.5. The van der Waals surface area contributed by atoms with Crippen LogP contribution in [0.5, 0.6) is 5.75 Å². The minimum absolute atomic E-state index is 0.0188. The predicted octanol–water partition coefficient (Wildman–Crippen LogP) is 2.42. The van der Waals surface area contributed by atoms with Crippen LogP contribution in [-0.2, 0) is 5.54 Å². The zero-order chi connectivity index (χ0) is 10.3. The molecule has 0 saturated heterocycles. The molecule has 0 aromatic heterocycles. The van der Waals surface area contributed by atoms with Gasteiger partial charge in [-0.2, -0.15) is 0 Å². The Hall–Kier alpha value is -1.02. The smallest absolute Gasteiger partial charge is 0.119 e. The third-order valence-corrected chi connectivity index (χ3v) is 3.40. The van der Waals surface area contributed by atoms with Crippen molar-refractivity contribution >= 4 is 0 Å². The Morgan fingerprint density at radius 2 is 1.87 bits per heavy atom. The second-order valence-electron chi connectivity index (χ2n) is 4.93. The summed E-state index contributed by atoms with van der Waals surface area (Å²) in [5.74, 6) is 1.80. The van der Waals surface area contributed by atoms with Crippen molar-refractivity contribution in [2.24, 2.45) is 11.7 Å². The maximum absolute atomic E-state index is 6.11. The van der Waals surface area contributed by atoms with Crippen molar-refractivity contribution in [3.05, 3.63) is 29.8 Å². The Kier molecular flexibility index (Phi) is 1.99. The van der Waals surface area contributed by atoms with Crippen LogP contribution < -0.4 is 10.5 Å². The summed E-state index contributed by atoms with van der Waals surface area (Å²) in [6, 6.07) is 8.31. The summed E-state index contributed by atoms with van der Waals surface area (Å²) >= 11 is 0. The molecule has 0 bridgehead atoms. The van der Waals surface area contributed by atoms with Crippen molar-refractivity contribution in [3.63, 3.8) is 0 Å². The van der Waals surface area contributed by atoms with Crippen LogP contribution in [0.3, 0.4) is 0 Å². The van der Waals surface area contributed by atoms with E-state index in [-0.39, 0.29) is 5.54 Å². The molecule has 0 amide bonds. The zero-order valence-electron chi connectivity index (χ0n) is 8.91. The van der Waals surface area contributed by atoms with Crippen molar-refractivity contribution in [3.8, 4) is 5.75 Å². The third kappa shape index (κ3) is 2.00. The van der Waals surface area contributed by atoms with Gasteiger partial charge in [0.25, 0.3) is 0 Å². The SMILES string of the molecule is NC1(c2ccc(OCC3CC3)cc2)CC1. The first-order valence-electron chi connectivity index (χ1n) is 5.78. The Bertz CT molecular complexity index is 349. The van der Waals surface area contributed by atoms with Crippen molar-refractivity contribution in [2.45, 2.75) is 31.2 Å². The summed E-state index contributed by atoms with van der Waals surface area (Å²) in [6.07, 6.45) is 4.92. The van der Waals surface area contributed by atoms with E-state index < -0.39 is 0 Å². The fourth-order valence-corrected chi connectivity index (χ4v) is 1.81. The highest BCUT2D eigenvalue weighted by Gasteiger charge is 2.39. The third-order valence-electron chi connectivity index (χ3n) is 3.40. The van der Waals surface area contributed by atoms with Crippen LogP contribution in [0.2, 0.25) is 0 Å². The van der Waals surface area contributed by atoms with Gasteiger partial charge in [0.15, 0.2) is 0 Å². The summed E-state index contributed by atoms with van der Waals surface area (Å²) in [5, 5.41) is 0. The lowest BCUT2D eigenvalue weighted by Crippen LogP contribution is -2.18. The number of hydrogen-bond acceptors (Lipinski definition) is 2. The van der Waals surface area contributed by atoms with Crippen molar-refractivity contribution in [2.75, 3.05) is 6.61 Å². The van der Waals surface area contributed by atoms with E-state index in [1.807, 2.05) is 12.1 Å². The maximum Gasteiger partial charge on any atom is 0.119 e. The fraction of sp³-hybridized carbons (Fsp3) is 0.538. The van der Waals surface area contributed by atoms with Crippen LogP contribution in [-0.4, -0.2) is 6.61 Å². The molecule has 2 aliphatic rings. The molecule has 0 aliphatic heterocycles. The first-order chi connectivity index (χ1) is 7.26. The van der Waals surface area contributed by atoms with E-state index in [1.165, 1.54) is 18.4 Å². The quantitative estimate of drug-likeness (QED) is 0.815. The highest BCUT2D eigenvalue weighted by Crippen LogP contribution is 2.42. The Morgan fingerprint density at radius 3 is 2.40 bits per heavy atom. The van der Waals surface area contributed by atoms with Crippen molar-refractivity contribution in [1.82, 2.24) is 0 Å². The van der Waals surface area contributed by atoms with Gasteiger partial charge in [-0.3, -0.25) is 0 Å². The molecule has 0 spiro atoms. The van der Waals surface area contributed by atoms with Gasteiger partial charge in [-0.15, -0.1) is 0 Å². The van der Waals surface area contributed by atoms with Crippen LogP contribution in [0.1, 0.15) is 31.2 Å². The first-order valence-corrected chi connectivity index (χ1v) is 5.78. The van der Waals surface area contributed by atoms with Crippen LogP contribution in [0.4, 0.5) is 0 Å². The maximum atomic E-state index is 6.11. The van der Waals surface area contributed by atoms with Gasteiger partial charge in [0.1, 0.15) is 5.75 Å². The van der Waals surface area contributed by atoms with E-state index in [9.17, 15) is 0 Å². The van der Waals surface area contributed by atoms with E-state index >= 15 is 0 Å². The van der Waals surface area contributed by atoms with Gasteiger partial charge in [-0.25, -0.2) is 0 Å². The predicted molar refractivity (Wildman–Crippen MR) is 59.8 cm³/mol. The molecular weight excluding hydrogens is 186 g/mol. The molecule has 2 heteroatoms. The molecule has 2 fully saturated rings. The molecule has 80 valence electrons. The van der Waals surface area contributed by atoms with Gasteiger partial charge in [0.05, 0.1) is 6.61 Å². The summed E-state index contributed by atoms with van der Waals surface area (Å²) < 4.78 is 5.68. The molecule has 3 rings (SSSR count). The average Bonchev–Trinajstić information content (AvgIpc) is 3.13. The normalized spacial score (nSPS) is 22.5. The number of benzene rings is 1. The standard InChI is InChI=1S/C13H17NO/c14-13(7-8-13)11-3-5-12(6-4-11)15-9-10-1-2-10/h3-6,10H,1-2,7-9,14H2. The molecule has 0 atom stereocenters. The lowest BCUT2D eigenvalue weighted by molar-refractivity contribution is 0.299. The highest BCUT2D eigenvalue weighted by molar-refractivity contribution is 5.34. The van der Waals surface area contributed by atoms with E-state index in [2.05, 4.69) is 12.1 Å². The number of hydrogen-bond donors (Lipinski definition) is 1. The summed E-state index contributed by atoms with van der Waals surface area (Å²) in [7, 11) is 0. The van der Waals surface area contributed by atoms with Gasteiger partial charge in [-0.05, 0) is 49.3 Å². The monoisotopic (exact) mass is 203 g/mol. The van der Waals surface area contributed by atoms with Gasteiger partial charge in [0.2, 0.25) is 0 Å². The van der Waals surface area contributed by atoms with Gasteiger partial charge in [-0.1, -0.05) is 12.1 Å². The fourth-order valence-electron chi connectivity index (χ4n) is 1.81. The summed E-state index contributed by atoms with van der Waals surface area (Å²) in [4.78, 5) is 0. The molecule has 0 unspecified atom stereocenters. The largest absolute Gasteiger partial charge is 0.493 e. The Balaban J connectivity index is 1.64. The van der Waals surface area contributed by atoms with Crippen LogP contribution >= 0.6 is 0 Å². The molecule has 2 aliphatic carbocycles. The topological polar surface area (TPSA) is 35.2 Å². The molecule has 2 N–H and O–H groups in total. The second kappa shape index (κ2) is 3.24. The Labute approximate surface area is 90.4 Å². The summed E-state index contributed by atoms with van der Waals surface area (Å²) in [5.41, 5.74) is 7.34. The Morgan fingerprint density at radius 1 is 1.20 bits per heavy atom. The van der Waals surface area contributed by atoms with Gasteiger partial charge in [0, 0.05) is 5.54 Å². The minimum Gasteiger partial charge on any atom is -0.493 e. The van der Waals surface area contributed by atoms with Crippen LogP contribution in [0.25, 0.3) is 0 Å². The molecule has 15 heavy (non-hydrogen) atoms. The molecule has 2 nitrogen and oxygen atoms in total. The lowest BCUT2D eigenvalue weighted by atomic mass is 10.1. The van der Waals surface area contributed by atoms with E-state index in [1.54, 1.807) is 0 Å². The first kappa shape index (κ1) is 9.22. The lowest BCUT2D eigenvalue weighted by Gasteiger charge is -2.10. The van der Waals surface area contributed by atoms with Gasteiger partial charge >= 0.3 is 0 Å². The van der Waals surface area contributed by atoms with Crippen LogP contribution in [0.15, 0.2) is 24.3 Å². The number of nitrogens with two attached hydrogens (primary N) is 1. The molecule has 0 heterocycles. The molecule has 1 aromatic carbocycles. The summed E-state index contributed by atoms with van der Waals surface area (Å²) in [6.45, 7) is 0.882. The van der Waals surface area contributed by atoms with Crippen molar-refractivity contribution in [1.29, 1.82) is 0 Å². The zero-order valence-corrected chi connectivity index (χ0v) is 8.91. The average molecular weight is 203 g/mol. The van der Waals surface area contributed by atoms with E-state index in [0.717, 1.165) is 31.1 Å². The number of ether oxygens (including phenoxy) is 1. The van der Waals surface area contributed by atoms with Crippen molar-refractivity contribution < 1.29 is 4.74 Å². The number of rotatable bonds is 4. The molecular formula is C13H17NO. The molecule has 1 aromatic rings. The van der Waals surface area contributed by atoms with Crippen LogP contribution in [0, 0.1) is 5.92 Å².